The predicted octanol–water partition coefficient (Wildman–Crippen LogP) is -0.382. The molecule has 0 bridgehead atoms. The molecule has 0 fully saturated rings. The van der Waals surface area contributed by atoms with E-state index in [0.29, 0.717) is 5.56 Å². The van der Waals surface area contributed by atoms with Gasteiger partial charge in [-0.2, -0.15) is 0 Å². The molecular weight excluding hydrogens is 214 g/mol. The van der Waals surface area contributed by atoms with Crippen molar-refractivity contribution in [3.05, 3.63) is 23.8 Å². The molecule has 0 spiro atoms. The van der Waals surface area contributed by atoms with Crippen LogP contribution < -0.4 is 5.73 Å². The van der Waals surface area contributed by atoms with Crippen molar-refractivity contribution in [3.63, 3.8) is 0 Å². The number of benzene rings is 1. The van der Waals surface area contributed by atoms with Crippen molar-refractivity contribution in [2.24, 2.45) is 5.73 Å². The fourth-order valence-corrected chi connectivity index (χ4v) is 1.18. The molecule has 0 aliphatic rings. The van der Waals surface area contributed by atoms with Crippen LogP contribution in [0, 0.1) is 0 Å². The smallest absolute Gasteiger partial charge is 0.323 e. The molecule has 6 heteroatoms. The lowest BCUT2D eigenvalue weighted by Gasteiger charge is -2.19. The van der Waals surface area contributed by atoms with Gasteiger partial charge in [0.1, 0.15) is 5.54 Å². The molecule has 7 N–H and O–H groups in total. The van der Waals surface area contributed by atoms with Crippen molar-refractivity contribution in [3.8, 4) is 11.5 Å². The second-order valence-electron chi connectivity index (χ2n) is 3.72. The molecule has 0 unspecified atom stereocenters. The molecule has 0 heterocycles. The minimum absolute atomic E-state index is 0. The Hall–Kier alpha value is -1.79. The Morgan fingerprint density at radius 3 is 2.38 bits per heavy atom. The van der Waals surface area contributed by atoms with Crippen LogP contribution in [-0.2, 0) is 11.2 Å². The summed E-state index contributed by atoms with van der Waals surface area (Å²) in [7, 11) is 0. The average molecular weight is 229 g/mol. The van der Waals surface area contributed by atoms with Gasteiger partial charge < -0.3 is 26.5 Å². The zero-order valence-corrected chi connectivity index (χ0v) is 8.77. The minimum atomic E-state index is -1.39. The second kappa shape index (κ2) is 4.82. The third-order valence-corrected chi connectivity index (χ3v) is 2.10. The molecule has 0 aromatic heterocycles. The maximum Gasteiger partial charge on any atom is 0.323 e. The number of hydrogen-bond acceptors (Lipinski definition) is 4. The first-order valence-electron chi connectivity index (χ1n) is 4.36. The number of aliphatic carboxylic acids is 1. The van der Waals surface area contributed by atoms with Crippen molar-refractivity contribution in [2.75, 3.05) is 0 Å². The Balaban J connectivity index is 0.00000225. The van der Waals surface area contributed by atoms with Gasteiger partial charge in [0.2, 0.25) is 0 Å². The SMILES string of the molecule is C[C@](N)(Cc1ccc(O)c(O)c1)C(=O)O.O. The van der Waals surface area contributed by atoms with Gasteiger partial charge in [-0.25, -0.2) is 0 Å². The van der Waals surface area contributed by atoms with Gasteiger partial charge in [-0.05, 0) is 24.6 Å². The largest absolute Gasteiger partial charge is 0.504 e. The molecule has 0 radical (unpaired) electrons. The topological polar surface area (TPSA) is 135 Å². The Kier molecular flexibility index (Phi) is 4.28. The maximum absolute atomic E-state index is 10.7. The lowest BCUT2D eigenvalue weighted by molar-refractivity contribution is -0.142. The highest BCUT2D eigenvalue weighted by atomic mass is 16.4. The third-order valence-electron chi connectivity index (χ3n) is 2.10. The Labute approximate surface area is 92.3 Å². The molecule has 0 saturated carbocycles. The first kappa shape index (κ1) is 14.2. The first-order valence-corrected chi connectivity index (χ1v) is 4.36. The Morgan fingerprint density at radius 1 is 1.38 bits per heavy atom. The van der Waals surface area contributed by atoms with E-state index in [9.17, 15) is 9.90 Å². The van der Waals surface area contributed by atoms with Crippen molar-refractivity contribution in [2.45, 2.75) is 18.9 Å². The van der Waals surface area contributed by atoms with Gasteiger partial charge in [-0.3, -0.25) is 4.79 Å². The van der Waals surface area contributed by atoms with Crippen molar-refractivity contribution >= 4 is 5.97 Å². The van der Waals surface area contributed by atoms with Crippen LogP contribution in [0.15, 0.2) is 18.2 Å². The molecule has 6 nitrogen and oxygen atoms in total. The highest BCUT2D eigenvalue weighted by Gasteiger charge is 2.28. The molecule has 1 aromatic rings. The third kappa shape index (κ3) is 3.11. The normalized spacial score (nSPS) is 13.6. The average Bonchev–Trinajstić information content (AvgIpc) is 2.10. The van der Waals surface area contributed by atoms with E-state index in [-0.39, 0.29) is 23.4 Å². The summed E-state index contributed by atoms with van der Waals surface area (Å²) in [5.74, 6) is -1.64. The van der Waals surface area contributed by atoms with Crippen molar-refractivity contribution in [1.82, 2.24) is 0 Å². The summed E-state index contributed by atoms with van der Waals surface area (Å²) < 4.78 is 0. The summed E-state index contributed by atoms with van der Waals surface area (Å²) in [6.45, 7) is 1.39. The van der Waals surface area contributed by atoms with E-state index in [0.717, 1.165) is 0 Å². The van der Waals surface area contributed by atoms with Gasteiger partial charge in [0.25, 0.3) is 0 Å². The van der Waals surface area contributed by atoms with E-state index < -0.39 is 11.5 Å². The van der Waals surface area contributed by atoms with E-state index in [1.54, 1.807) is 0 Å². The zero-order valence-electron chi connectivity index (χ0n) is 8.77. The molecule has 0 aliphatic heterocycles. The van der Waals surface area contributed by atoms with Gasteiger partial charge in [0.05, 0.1) is 0 Å². The summed E-state index contributed by atoms with van der Waals surface area (Å²) in [6.07, 6.45) is 0.0795. The quantitative estimate of drug-likeness (QED) is 0.524. The molecule has 0 saturated heterocycles. The Bertz CT molecular complexity index is 389. The molecular formula is C10H15NO5. The van der Waals surface area contributed by atoms with Crippen LogP contribution in [0.4, 0.5) is 0 Å². The van der Waals surface area contributed by atoms with Crippen LogP contribution in [0.25, 0.3) is 0 Å². The molecule has 1 rings (SSSR count). The molecule has 0 aliphatic carbocycles. The van der Waals surface area contributed by atoms with Crippen LogP contribution in [-0.4, -0.2) is 32.3 Å². The predicted molar refractivity (Wildman–Crippen MR) is 57.3 cm³/mol. The molecule has 16 heavy (non-hydrogen) atoms. The van der Waals surface area contributed by atoms with Crippen LogP contribution >= 0.6 is 0 Å². The van der Waals surface area contributed by atoms with Crippen LogP contribution in [0.5, 0.6) is 11.5 Å². The van der Waals surface area contributed by atoms with Crippen molar-refractivity contribution in [1.29, 1.82) is 0 Å². The van der Waals surface area contributed by atoms with E-state index >= 15 is 0 Å². The zero-order chi connectivity index (χ0) is 11.6. The number of carboxylic acid groups (broad SMARTS) is 1. The highest BCUT2D eigenvalue weighted by molar-refractivity contribution is 5.78. The first-order chi connectivity index (χ1) is 6.83. The van der Waals surface area contributed by atoms with Gasteiger partial charge in [-0.1, -0.05) is 6.07 Å². The standard InChI is InChI=1S/C10H13NO4.H2O/c1-10(11,9(14)15)5-6-2-3-7(12)8(13)4-6;/h2-4,12-13H,5,11H2,1H3,(H,14,15);1H2/t10-;/m0./s1. The molecule has 90 valence electrons. The Morgan fingerprint density at radius 2 is 1.94 bits per heavy atom. The summed E-state index contributed by atoms with van der Waals surface area (Å²) >= 11 is 0. The second-order valence-corrected chi connectivity index (χ2v) is 3.72. The van der Waals surface area contributed by atoms with E-state index in [2.05, 4.69) is 0 Å². The summed E-state index contributed by atoms with van der Waals surface area (Å²) in [6, 6.07) is 4.11. The van der Waals surface area contributed by atoms with Gasteiger partial charge in [0, 0.05) is 6.42 Å². The van der Waals surface area contributed by atoms with Crippen LogP contribution in [0.3, 0.4) is 0 Å². The number of nitrogens with two attached hydrogens (primary N) is 1. The summed E-state index contributed by atoms with van der Waals surface area (Å²) in [5.41, 5.74) is 4.70. The van der Waals surface area contributed by atoms with E-state index in [1.165, 1.54) is 25.1 Å². The molecule has 1 atom stereocenters. The van der Waals surface area contributed by atoms with Crippen LogP contribution in [0.2, 0.25) is 0 Å². The fourth-order valence-electron chi connectivity index (χ4n) is 1.18. The monoisotopic (exact) mass is 229 g/mol. The minimum Gasteiger partial charge on any atom is -0.504 e. The van der Waals surface area contributed by atoms with E-state index in [4.69, 9.17) is 15.9 Å². The molecule has 0 amide bonds. The van der Waals surface area contributed by atoms with Gasteiger partial charge in [0.15, 0.2) is 11.5 Å². The van der Waals surface area contributed by atoms with Gasteiger partial charge in [-0.15, -0.1) is 0 Å². The van der Waals surface area contributed by atoms with Crippen molar-refractivity contribution < 1.29 is 25.6 Å². The molecule has 1 aromatic carbocycles. The number of carboxylic acids is 1. The number of phenols is 2. The number of hydrogen-bond donors (Lipinski definition) is 4. The number of carbonyl (C=O) groups is 1. The number of aromatic hydroxyl groups is 2. The van der Waals surface area contributed by atoms with E-state index in [1.807, 2.05) is 0 Å². The number of phenolic OH excluding ortho intramolecular Hbond substituents is 2. The summed E-state index contributed by atoms with van der Waals surface area (Å²) in [4.78, 5) is 10.7. The fraction of sp³-hybridized carbons (Fsp3) is 0.300. The lowest BCUT2D eigenvalue weighted by atomic mass is 9.94. The van der Waals surface area contributed by atoms with Crippen LogP contribution in [0.1, 0.15) is 12.5 Å². The maximum atomic E-state index is 10.7. The van der Waals surface area contributed by atoms with Gasteiger partial charge >= 0.3 is 5.97 Å². The lowest BCUT2D eigenvalue weighted by Crippen LogP contribution is -2.46. The number of rotatable bonds is 3. The summed E-state index contributed by atoms with van der Waals surface area (Å²) in [5, 5.41) is 27.0. The highest BCUT2D eigenvalue weighted by Crippen LogP contribution is 2.26.